The summed E-state index contributed by atoms with van der Waals surface area (Å²) in [6.45, 7) is 3.48. The molecule has 1 atom stereocenters. The van der Waals surface area contributed by atoms with Gasteiger partial charge in [0.2, 0.25) is 0 Å². The second-order valence-electron chi connectivity index (χ2n) is 6.73. The van der Waals surface area contributed by atoms with E-state index in [1.807, 2.05) is 25.1 Å². The van der Waals surface area contributed by atoms with Gasteiger partial charge in [-0.3, -0.25) is 4.79 Å². The standard InChI is InChI=1S/C17H22N4O2/c1-11-9-20(2)16(18-11)12-7-8-21(10-12)17(22)15-13-5-3-4-6-14(13)23-19-15/h9,12H,3-8,10H2,1-2H3/t12-/m0/s1. The number of carbonyl (C=O) groups excluding carboxylic acids is 1. The van der Waals surface area contributed by atoms with Crippen molar-refractivity contribution in [1.82, 2.24) is 19.6 Å². The second-order valence-corrected chi connectivity index (χ2v) is 6.73. The first-order valence-electron chi connectivity index (χ1n) is 8.40. The van der Waals surface area contributed by atoms with Gasteiger partial charge in [0.15, 0.2) is 5.69 Å². The van der Waals surface area contributed by atoms with Crippen molar-refractivity contribution in [2.45, 2.75) is 44.9 Å². The molecule has 23 heavy (non-hydrogen) atoms. The Morgan fingerprint density at radius 1 is 1.35 bits per heavy atom. The molecule has 0 aromatic carbocycles. The summed E-state index contributed by atoms with van der Waals surface area (Å²) in [6, 6.07) is 0. The highest BCUT2D eigenvalue weighted by Crippen LogP contribution is 2.30. The van der Waals surface area contributed by atoms with E-state index in [2.05, 4.69) is 14.7 Å². The van der Waals surface area contributed by atoms with Gasteiger partial charge in [0.05, 0.1) is 5.69 Å². The summed E-state index contributed by atoms with van der Waals surface area (Å²) in [4.78, 5) is 19.3. The summed E-state index contributed by atoms with van der Waals surface area (Å²) in [5, 5.41) is 4.07. The van der Waals surface area contributed by atoms with Gasteiger partial charge in [0, 0.05) is 44.2 Å². The van der Waals surface area contributed by atoms with Crippen LogP contribution in [0.3, 0.4) is 0 Å². The number of amides is 1. The maximum Gasteiger partial charge on any atom is 0.276 e. The number of likely N-dealkylation sites (tertiary alicyclic amines) is 1. The molecule has 1 amide bonds. The molecule has 2 aromatic heterocycles. The monoisotopic (exact) mass is 314 g/mol. The van der Waals surface area contributed by atoms with Crippen molar-refractivity contribution in [3.63, 3.8) is 0 Å². The zero-order valence-electron chi connectivity index (χ0n) is 13.7. The topological polar surface area (TPSA) is 64.2 Å². The van der Waals surface area contributed by atoms with Crippen LogP contribution in [0.25, 0.3) is 0 Å². The van der Waals surface area contributed by atoms with Crippen LogP contribution in [0.1, 0.15) is 58.5 Å². The Kier molecular flexibility index (Phi) is 3.47. The molecule has 3 heterocycles. The molecule has 1 saturated heterocycles. The van der Waals surface area contributed by atoms with E-state index >= 15 is 0 Å². The zero-order chi connectivity index (χ0) is 16.0. The van der Waals surface area contributed by atoms with E-state index in [9.17, 15) is 4.79 Å². The van der Waals surface area contributed by atoms with Crippen LogP contribution in [0.15, 0.2) is 10.7 Å². The number of imidazole rings is 1. The van der Waals surface area contributed by atoms with Crippen molar-refractivity contribution >= 4 is 5.91 Å². The molecule has 0 N–H and O–H groups in total. The Balaban J connectivity index is 1.52. The summed E-state index contributed by atoms with van der Waals surface area (Å²) in [6.07, 6.45) is 7.05. The molecule has 1 aliphatic heterocycles. The molecule has 0 spiro atoms. The summed E-state index contributed by atoms with van der Waals surface area (Å²) < 4.78 is 7.46. The maximum atomic E-state index is 12.8. The van der Waals surface area contributed by atoms with Gasteiger partial charge in [-0.1, -0.05) is 5.16 Å². The summed E-state index contributed by atoms with van der Waals surface area (Å²) in [5.74, 6) is 2.31. The predicted octanol–water partition coefficient (Wildman–Crippen LogP) is 2.23. The smallest absolute Gasteiger partial charge is 0.276 e. The van der Waals surface area contributed by atoms with Gasteiger partial charge in [-0.15, -0.1) is 0 Å². The zero-order valence-corrected chi connectivity index (χ0v) is 13.7. The Hall–Kier alpha value is -2.11. The van der Waals surface area contributed by atoms with Gasteiger partial charge < -0.3 is 14.0 Å². The van der Waals surface area contributed by atoms with Crippen LogP contribution in [-0.2, 0) is 19.9 Å². The third kappa shape index (κ3) is 2.46. The highest BCUT2D eigenvalue weighted by atomic mass is 16.5. The maximum absolute atomic E-state index is 12.8. The lowest BCUT2D eigenvalue weighted by molar-refractivity contribution is 0.0779. The fraction of sp³-hybridized carbons (Fsp3) is 0.588. The fourth-order valence-electron chi connectivity index (χ4n) is 3.87. The highest BCUT2D eigenvalue weighted by molar-refractivity contribution is 5.94. The Morgan fingerprint density at radius 3 is 2.96 bits per heavy atom. The molecular formula is C17H22N4O2. The molecule has 6 nitrogen and oxygen atoms in total. The molecule has 0 unspecified atom stereocenters. The number of rotatable bonds is 2. The number of fused-ring (bicyclic) bond motifs is 1. The van der Waals surface area contributed by atoms with E-state index in [1.54, 1.807) is 0 Å². The number of aryl methyl sites for hydroxylation is 3. The number of aromatic nitrogens is 3. The van der Waals surface area contributed by atoms with Crippen molar-refractivity contribution < 1.29 is 9.32 Å². The number of hydrogen-bond acceptors (Lipinski definition) is 4. The largest absolute Gasteiger partial charge is 0.360 e. The van der Waals surface area contributed by atoms with Crippen LogP contribution in [0, 0.1) is 6.92 Å². The minimum atomic E-state index is 0.0188. The van der Waals surface area contributed by atoms with Crippen LogP contribution in [-0.4, -0.2) is 38.6 Å². The molecule has 0 saturated carbocycles. The summed E-state index contributed by atoms with van der Waals surface area (Å²) in [5.41, 5.74) is 2.60. The number of nitrogens with zero attached hydrogens (tertiary/aromatic N) is 4. The molecule has 2 aromatic rings. The fourth-order valence-corrected chi connectivity index (χ4v) is 3.87. The van der Waals surface area contributed by atoms with E-state index in [4.69, 9.17) is 4.52 Å². The van der Waals surface area contributed by atoms with E-state index in [0.717, 1.165) is 61.5 Å². The third-order valence-corrected chi connectivity index (χ3v) is 5.03. The average Bonchev–Trinajstić information content (AvgIpc) is 3.24. The van der Waals surface area contributed by atoms with Crippen LogP contribution >= 0.6 is 0 Å². The van der Waals surface area contributed by atoms with Crippen molar-refractivity contribution in [3.8, 4) is 0 Å². The van der Waals surface area contributed by atoms with Crippen molar-refractivity contribution in [2.24, 2.45) is 7.05 Å². The molecular weight excluding hydrogens is 292 g/mol. The Bertz CT molecular complexity index is 746. The Morgan fingerprint density at radius 2 is 2.17 bits per heavy atom. The van der Waals surface area contributed by atoms with E-state index in [0.29, 0.717) is 18.2 Å². The van der Waals surface area contributed by atoms with Gasteiger partial charge in [-0.2, -0.15) is 0 Å². The van der Waals surface area contributed by atoms with Crippen LogP contribution < -0.4 is 0 Å². The first-order chi connectivity index (χ1) is 11.1. The van der Waals surface area contributed by atoms with Crippen molar-refractivity contribution in [1.29, 1.82) is 0 Å². The van der Waals surface area contributed by atoms with Crippen LogP contribution in [0.2, 0.25) is 0 Å². The van der Waals surface area contributed by atoms with E-state index < -0.39 is 0 Å². The lowest BCUT2D eigenvalue weighted by atomic mass is 9.96. The summed E-state index contributed by atoms with van der Waals surface area (Å²) in [7, 11) is 2.02. The molecule has 0 bridgehead atoms. The average molecular weight is 314 g/mol. The van der Waals surface area contributed by atoms with Gasteiger partial charge in [-0.05, 0) is 32.6 Å². The quantitative estimate of drug-likeness (QED) is 0.852. The first-order valence-corrected chi connectivity index (χ1v) is 8.40. The predicted molar refractivity (Wildman–Crippen MR) is 84.4 cm³/mol. The number of carbonyl (C=O) groups is 1. The van der Waals surface area contributed by atoms with E-state index in [-0.39, 0.29) is 5.91 Å². The van der Waals surface area contributed by atoms with Gasteiger partial charge in [-0.25, -0.2) is 4.98 Å². The Labute approximate surface area is 135 Å². The number of hydrogen-bond donors (Lipinski definition) is 0. The minimum Gasteiger partial charge on any atom is -0.360 e. The highest BCUT2D eigenvalue weighted by Gasteiger charge is 2.33. The van der Waals surface area contributed by atoms with Gasteiger partial charge in [0.1, 0.15) is 11.6 Å². The molecule has 6 heteroatoms. The molecule has 2 aliphatic rings. The molecule has 1 fully saturated rings. The SMILES string of the molecule is Cc1cn(C)c([C@H]2CCN(C(=O)c3noc4c3CCCC4)C2)n1. The van der Waals surface area contributed by atoms with Crippen molar-refractivity contribution in [2.75, 3.05) is 13.1 Å². The normalized spacial score (nSPS) is 20.8. The first kappa shape index (κ1) is 14.5. The molecule has 1 aliphatic carbocycles. The molecule has 4 rings (SSSR count). The van der Waals surface area contributed by atoms with Crippen LogP contribution in [0.5, 0.6) is 0 Å². The molecule has 122 valence electrons. The third-order valence-electron chi connectivity index (χ3n) is 5.03. The lowest BCUT2D eigenvalue weighted by Gasteiger charge is -2.16. The summed E-state index contributed by atoms with van der Waals surface area (Å²) >= 11 is 0. The van der Waals surface area contributed by atoms with Gasteiger partial charge in [0.25, 0.3) is 5.91 Å². The van der Waals surface area contributed by atoms with E-state index in [1.165, 1.54) is 0 Å². The molecule has 0 radical (unpaired) electrons. The van der Waals surface area contributed by atoms with Crippen LogP contribution in [0.4, 0.5) is 0 Å². The minimum absolute atomic E-state index is 0.0188. The van der Waals surface area contributed by atoms with Crippen molar-refractivity contribution in [3.05, 3.63) is 34.7 Å². The van der Waals surface area contributed by atoms with Gasteiger partial charge >= 0.3 is 0 Å². The second kappa shape index (κ2) is 5.51. The lowest BCUT2D eigenvalue weighted by Crippen LogP contribution is -2.30.